The van der Waals surface area contributed by atoms with Crippen LogP contribution in [0.25, 0.3) is 6.08 Å². The second-order valence-electron chi connectivity index (χ2n) is 8.65. The summed E-state index contributed by atoms with van der Waals surface area (Å²) in [5.74, 6) is 0. The topological polar surface area (TPSA) is 49.7 Å². The van der Waals surface area contributed by atoms with Gasteiger partial charge in [-0.05, 0) is 0 Å². The molecule has 0 saturated heterocycles. The maximum Gasteiger partial charge on any atom is 2.00 e. The summed E-state index contributed by atoms with van der Waals surface area (Å²) in [6, 6.07) is 33.3. The van der Waals surface area contributed by atoms with E-state index in [1.54, 1.807) is 12.1 Å². The minimum Gasteiger partial charge on any atom is -0.214 e. The molecule has 0 spiro atoms. The van der Waals surface area contributed by atoms with Crippen molar-refractivity contribution < 1.29 is 25.5 Å². The Balaban J connectivity index is 0.000000716. The molecule has 2 atom stereocenters. The van der Waals surface area contributed by atoms with Crippen LogP contribution in [0, 0.1) is 6.92 Å². The molecule has 0 bridgehead atoms. The fourth-order valence-electron chi connectivity index (χ4n) is 3.45. The van der Waals surface area contributed by atoms with Crippen LogP contribution in [0.1, 0.15) is 29.7 Å². The van der Waals surface area contributed by atoms with Crippen LogP contribution >= 0.6 is 0 Å². The molecule has 0 aliphatic heterocycles. The monoisotopic (exact) mass is 622 g/mol. The van der Waals surface area contributed by atoms with Gasteiger partial charge in [0.25, 0.3) is 0 Å². The predicted octanol–water partition coefficient (Wildman–Crippen LogP) is 6.31. The molecule has 0 fully saturated rings. The maximum absolute atomic E-state index is 13.1. The summed E-state index contributed by atoms with van der Waals surface area (Å²) in [7, 11) is 0.340. The van der Waals surface area contributed by atoms with Crippen LogP contribution in [0.5, 0.6) is 0 Å². The molecule has 4 nitrogen and oxygen atoms in total. The van der Waals surface area contributed by atoms with Gasteiger partial charge >= 0.3 is 208 Å². The minimum absolute atomic E-state index is 0. The van der Waals surface area contributed by atoms with Crippen molar-refractivity contribution in [3.05, 3.63) is 126 Å². The molecule has 7 heteroatoms. The summed E-state index contributed by atoms with van der Waals surface area (Å²) in [6.07, 6.45) is 4.10. The molecular formula is C30H34FeN2O2SSe. The van der Waals surface area contributed by atoms with E-state index in [0.29, 0.717) is 5.32 Å². The number of hydrogen-bond acceptors (Lipinski definition) is 3. The fraction of sp³-hybridized carbons (Fsp3) is 0.200. The standard InChI is InChI=1S/C25H29N2O2SSe.C5H5.Fe/c1-20-15-17-23(18-16-20)30(28,29)26-31(19-9-12-22-10-6-5-7-11-22)25-14-8-13-24(25)21(2)27(3)4;1-2-4-5-3-1;/h5-18,21H,19H2,1-4H3;1-5H;/q2*-1;+2/b12-9+;;. The number of benzene rings is 2. The number of allylic oxidation sites excluding steroid dienone is 1. The Labute approximate surface area is 237 Å². The maximum atomic E-state index is 13.1. The molecule has 0 amide bonds. The number of rotatable bonds is 8. The molecule has 4 aromatic carbocycles. The Morgan fingerprint density at radius 3 is 2.19 bits per heavy atom. The summed E-state index contributed by atoms with van der Waals surface area (Å²) in [5, 5.41) is 0.622. The number of nitrogens with zero attached hydrogens (tertiary/aromatic N) is 2. The van der Waals surface area contributed by atoms with E-state index >= 15 is 0 Å². The van der Waals surface area contributed by atoms with Gasteiger partial charge in [-0.1, -0.05) is 0 Å². The average molecular weight is 621 g/mol. The first-order valence-electron chi connectivity index (χ1n) is 11.8. The number of sulfonamides is 1. The largest absolute Gasteiger partial charge is 2.00 e. The van der Waals surface area contributed by atoms with Gasteiger partial charge in [0.1, 0.15) is 0 Å². The Hall–Kier alpha value is -2.37. The Kier molecular flexibility index (Phi) is 12.6. The predicted molar refractivity (Wildman–Crippen MR) is 153 cm³/mol. The van der Waals surface area contributed by atoms with E-state index in [1.807, 2.05) is 112 Å². The van der Waals surface area contributed by atoms with Crippen LogP contribution in [0.15, 0.2) is 117 Å². The Morgan fingerprint density at radius 2 is 1.62 bits per heavy atom. The second kappa shape index (κ2) is 15.1. The van der Waals surface area contributed by atoms with Crippen molar-refractivity contribution >= 4 is 34.3 Å². The van der Waals surface area contributed by atoms with Crippen molar-refractivity contribution in [3.8, 4) is 0 Å². The van der Waals surface area contributed by atoms with Gasteiger partial charge < -0.3 is 0 Å². The third-order valence-corrected chi connectivity index (χ3v) is 12.2. The smallest absolute Gasteiger partial charge is 0.214 e. The van der Waals surface area contributed by atoms with E-state index < -0.39 is 23.7 Å². The Morgan fingerprint density at radius 1 is 0.973 bits per heavy atom. The summed E-state index contributed by atoms with van der Waals surface area (Å²) in [4.78, 5) is 2.39. The van der Waals surface area contributed by atoms with Gasteiger partial charge in [-0.15, -0.1) is 0 Å². The van der Waals surface area contributed by atoms with Gasteiger partial charge in [0.15, 0.2) is 0 Å². The van der Waals surface area contributed by atoms with E-state index in [0.717, 1.165) is 21.2 Å². The van der Waals surface area contributed by atoms with Gasteiger partial charge in [0.05, 0.1) is 0 Å². The summed E-state index contributed by atoms with van der Waals surface area (Å²) in [5.41, 5.74) is 3.28. The molecular weight excluding hydrogens is 587 g/mol. The molecule has 0 N–H and O–H groups in total. The first-order chi connectivity index (χ1) is 17.3. The van der Waals surface area contributed by atoms with Gasteiger partial charge in [0.2, 0.25) is 0 Å². The van der Waals surface area contributed by atoms with Crippen LogP contribution in [-0.2, 0) is 27.1 Å². The van der Waals surface area contributed by atoms with Crippen LogP contribution in [0.2, 0.25) is 5.32 Å². The fourth-order valence-corrected chi connectivity index (χ4v) is 9.84. The van der Waals surface area contributed by atoms with Crippen LogP contribution in [-0.4, -0.2) is 41.1 Å². The molecule has 0 saturated carbocycles. The molecule has 4 rings (SSSR count). The van der Waals surface area contributed by atoms with Gasteiger partial charge in [-0.25, -0.2) is 12.1 Å². The van der Waals surface area contributed by atoms with E-state index in [9.17, 15) is 8.42 Å². The molecule has 4 aromatic rings. The molecule has 0 aromatic heterocycles. The molecule has 0 aliphatic carbocycles. The SMILES string of the molecule is Cc1ccc(S(=O)(=O)/N=[Se](\C/C=C/c2ccccc2)c2ccc[c-]2C(C)N(C)C)cc1.[Fe+2].c1cc[cH-]c1. The van der Waals surface area contributed by atoms with Crippen molar-refractivity contribution in [2.24, 2.45) is 3.37 Å². The second-order valence-corrected chi connectivity index (χ2v) is 14.3. The first kappa shape index (κ1) is 30.9. The molecule has 37 heavy (non-hydrogen) atoms. The third-order valence-electron chi connectivity index (χ3n) is 5.71. The quantitative estimate of drug-likeness (QED) is 0.171. The zero-order valence-corrected chi connectivity index (χ0v) is 25.3. The van der Waals surface area contributed by atoms with Crippen molar-refractivity contribution in [2.45, 2.75) is 30.1 Å². The normalized spacial score (nSPS) is 13.1. The van der Waals surface area contributed by atoms with Crippen molar-refractivity contribution in [1.82, 2.24) is 4.90 Å². The van der Waals surface area contributed by atoms with Crippen LogP contribution in [0.3, 0.4) is 0 Å². The average Bonchev–Trinajstić information content (AvgIpc) is 3.59. The Bertz CT molecular complexity index is 1340. The first-order valence-corrected chi connectivity index (χ1v) is 16.1. The molecule has 0 aliphatic rings. The number of aryl methyl sites for hydroxylation is 1. The van der Waals surface area contributed by atoms with Crippen molar-refractivity contribution in [1.29, 1.82) is 0 Å². The third kappa shape index (κ3) is 9.46. The van der Waals surface area contributed by atoms with Crippen LogP contribution in [0.4, 0.5) is 0 Å². The van der Waals surface area contributed by atoms with E-state index in [4.69, 9.17) is 0 Å². The van der Waals surface area contributed by atoms with Crippen molar-refractivity contribution in [2.75, 3.05) is 14.1 Å². The molecule has 0 heterocycles. The summed E-state index contributed by atoms with van der Waals surface area (Å²) < 4.78 is 31.8. The van der Waals surface area contributed by atoms with Gasteiger partial charge in [-0.2, -0.15) is 18.2 Å². The van der Waals surface area contributed by atoms with Crippen LogP contribution < -0.4 is 4.46 Å². The zero-order chi connectivity index (χ0) is 26.0. The van der Waals surface area contributed by atoms with Crippen molar-refractivity contribution in [3.63, 3.8) is 0 Å². The number of hydrogen-bond donors (Lipinski definition) is 0. The zero-order valence-electron chi connectivity index (χ0n) is 21.6. The van der Waals surface area contributed by atoms with Gasteiger partial charge in [0, 0.05) is 0 Å². The van der Waals surface area contributed by atoms with E-state index in [1.165, 1.54) is 0 Å². The summed E-state index contributed by atoms with van der Waals surface area (Å²) in [6.45, 7) is 4.08. The van der Waals surface area contributed by atoms with E-state index in [2.05, 4.69) is 27.3 Å². The summed E-state index contributed by atoms with van der Waals surface area (Å²) >= 11 is -2.03. The van der Waals surface area contributed by atoms with Gasteiger partial charge in [-0.3, -0.25) is 0 Å². The molecule has 0 radical (unpaired) electrons. The molecule has 196 valence electrons. The molecule has 2 unspecified atom stereocenters. The van der Waals surface area contributed by atoms with E-state index in [-0.39, 0.29) is 28.0 Å². The minimum atomic E-state index is -3.73.